The van der Waals surface area contributed by atoms with E-state index in [2.05, 4.69) is 22.5 Å². The lowest BCUT2D eigenvalue weighted by Gasteiger charge is -2.28. The summed E-state index contributed by atoms with van der Waals surface area (Å²) in [5, 5.41) is 1.12. The standard InChI is InChI=1S/C15H21N3O/c1-15(2,19-3)9-14(18-16)12-8-11-6-4-5-7-13(11)17-10-12/h4-8,10,14,18H,9,16H2,1-3H3. The van der Waals surface area contributed by atoms with Gasteiger partial charge >= 0.3 is 0 Å². The molecule has 0 amide bonds. The van der Waals surface area contributed by atoms with E-state index < -0.39 is 0 Å². The highest BCUT2D eigenvalue weighted by atomic mass is 16.5. The first kappa shape index (κ1) is 13.9. The maximum Gasteiger partial charge on any atom is 0.0702 e. The monoisotopic (exact) mass is 259 g/mol. The first-order valence-electron chi connectivity index (χ1n) is 6.42. The van der Waals surface area contributed by atoms with E-state index >= 15 is 0 Å². The minimum absolute atomic E-state index is 0.0204. The minimum Gasteiger partial charge on any atom is -0.379 e. The third kappa shape index (κ3) is 3.29. The molecule has 0 aliphatic carbocycles. The van der Waals surface area contributed by atoms with Crippen molar-refractivity contribution >= 4 is 10.9 Å². The Balaban J connectivity index is 2.30. The van der Waals surface area contributed by atoms with Crippen LogP contribution in [0.25, 0.3) is 10.9 Å². The second-order valence-electron chi connectivity index (χ2n) is 5.35. The number of nitrogens with zero attached hydrogens (tertiary/aromatic N) is 1. The zero-order valence-corrected chi connectivity index (χ0v) is 11.7. The van der Waals surface area contributed by atoms with Crippen LogP contribution in [0.2, 0.25) is 0 Å². The number of para-hydroxylation sites is 1. The van der Waals surface area contributed by atoms with Crippen LogP contribution < -0.4 is 11.3 Å². The summed E-state index contributed by atoms with van der Waals surface area (Å²) >= 11 is 0. The van der Waals surface area contributed by atoms with Crippen molar-refractivity contribution in [3.63, 3.8) is 0 Å². The Kier molecular flexibility index (Phi) is 4.14. The van der Waals surface area contributed by atoms with Crippen molar-refractivity contribution in [1.29, 1.82) is 0 Å². The topological polar surface area (TPSA) is 60.2 Å². The highest BCUT2D eigenvalue weighted by Gasteiger charge is 2.23. The normalized spacial score (nSPS) is 13.7. The number of pyridine rings is 1. The Morgan fingerprint density at radius 2 is 2.11 bits per heavy atom. The minimum atomic E-state index is -0.233. The van der Waals surface area contributed by atoms with Gasteiger partial charge in [0.15, 0.2) is 0 Å². The SMILES string of the molecule is COC(C)(C)CC(NN)c1cnc2ccccc2c1. The van der Waals surface area contributed by atoms with Gasteiger partial charge in [-0.05, 0) is 38.0 Å². The van der Waals surface area contributed by atoms with Gasteiger partial charge in [0.05, 0.1) is 17.2 Å². The van der Waals surface area contributed by atoms with Crippen LogP contribution in [0.5, 0.6) is 0 Å². The van der Waals surface area contributed by atoms with Gasteiger partial charge in [-0.25, -0.2) is 0 Å². The average Bonchev–Trinajstić information content (AvgIpc) is 2.44. The molecule has 4 nitrogen and oxygen atoms in total. The molecule has 102 valence electrons. The third-order valence-electron chi connectivity index (χ3n) is 3.46. The van der Waals surface area contributed by atoms with Gasteiger partial charge < -0.3 is 4.74 Å². The van der Waals surface area contributed by atoms with Gasteiger partial charge in [0.1, 0.15) is 0 Å². The number of fused-ring (bicyclic) bond motifs is 1. The number of methoxy groups -OCH3 is 1. The fourth-order valence-corrected chi connectivity index (χ4v) is 2.13. The van der Waals surface area contributed by atoms with Crippen LogP contribution in [0.15, 0.2) is 36.5 Å². The van der Waals surface area contributed by atoms with E-state index in [-0.39, 0.29) is 11.6 Å². The van der Waals surface area contributed by atoms with Crippen LogP contribution in [0.4, 0.5) is 0 Å². The Morgan fingerprint density at radius 1 is 1.37 bits per heavy atom. The molecular weight excluding hydrogens is 238 g/mol. The van der Waals surface area contributed by atoms with Crippen LogP contribution in [-0.2, 0) is 4.74 Å². The number of hydrazine groups is 1. The van der Waals surface area contributed by atoms with Crippen molar-refractivity contribution in [3.05, 3.63) is 42.1 Å². The van der Waals surface area contributed by atoms with Crippen molar-refractivity contribution in [2.24, 2.45) is 5.84 Å². The molecule has 0 spiro atoms. The number of nitrogens with one attached hydrogen (secondary N) is 1. The smallest absolute Gasteiger partial charge is 0.0702 e. The van der Waals surface area contributed by atoms with Crippen molar-refractivity contribution in [2.75, 3.05) is 7.11 Å². The van der Waals surface area contributed by atoms with E-state index in [1.807, 2.05) is 38.2 Å². The van der Waals surface area contributed by atoms with Crippen LogP contribution in [0, 0.1) is 0 Å². The second kappa shape index (κ2) is 5.65. The van der Waals surface area contributed by atoms with Gasteiger partial charge in [-0.2, -0.15) is 0 Å². The predicted molar refractivity (Wildman–Crippen MR) is 77.5 cm³/mol. The van der Waals surface area contributed by atoms with Crippen molar-refractivity contribution in [2.45, 2.75) is 31.9 Å². The maximum atomic E-state index is 5.68. The molecule has 1 atom stereocenters. The first-order chi connectivity index (χ1) is 9.05. The van der Waals surface area contributed by atoms with Gasteiger partial charge in [0, 0.05) is 18.7 Å². The van der Waals surface area contributed by atoms with E-state index in [1.165, 1.54) is 0 Å². The van der Waals surface area contributed by atoms with Gasteiger partial charge in [0.25, 0.3) is 0 Å². The fourth-order valence-electron chi connectivity index (χ4n) is 2.13. The van der Waals surface area contributed by atoms with Gasteiger partial charge in [0.2, 0.25) is 0 Å². The van der Waals surface area contributed by atoms with E-state index in [9.17, 15) is 0 Å². The zero-order chi connectivity index (χ0) is 13.9. The molecular formula is C15H21N3O. The molecule has 0 bridgehead atoms. The Bertz CT molecular complexity index is 554. The second-order valence-corrected chi connectivity index (χ2v) is 5.35. The summed E-state index contributed by atoms with van der Waals surface area (Å²) in [5.41, 5.74) is 4.69. The van der Waals surface area contributed by atoms with E-state index in [1.54, 1.807) is 7.11 Å². The molecule has 0 saturated carbocycles. The number of hydrogen-bond donors (Lipinski definition) is 2. The number of aromatic nitrogens is 1. The Hall–Kier alpha value is -1.49. The van der Waals surface area contributed by atoms with E-state index in [0.717, 1.165) is 22.9 Å². The number of hydrogen-bond acceptors (Lipinski definition) is 4. The largest absolute Gasteiger partial charge is 0.379 e. The molecule has 4 heteroatoms. The summed E-state index contributed by atoms with van der Waals surface area (Å²) in [6.45, 7) is 4.09. The molecule has 19 heavy (non-hydrogen) atoms. The summed E-state index contributed by atoms with van der Waals surface area (Å²) in [6, 6.07) is 10.2. The van der Waals surface area contributed by atoms with Gasteiger partial charge in [-0.3, -0.25) is 16.3 Å². The molecule has 3 N–H and O–H groups in total. The molecule has 1 heterocycles. The fraction of sp³-hybridized carbons (Fsp3) is 0.400. The molecule has 1 aromatic carbocycles. The summed E-state index contributed by atoms with van der Waals surface area (Å²) in [4.78, 5) is 4.47. The Morgan fingerprint density at radius 3 is 2.79 bits per heavy atom. The van der Waals surface area contributed by atoms with Gasteiger partial charge in [-0.1, -0.05) is 18.2 Å². The number of nitrogens with two attached hydrogens (primary N) is 1. The lowest BCUT2D eigenvalue weighted by atomic mass is 9.94. The average molecular weight is 259 g/mol. The van der Waals surface area contributed by atoms with Crippen molar-refractivity contribution in [3.8, 4) is 0 Å². The number of rotatable bonds is 5. The molecule has 1 aromatic heterocycles. The summed E-state index contributed by atoms with van der Waals surface area (Å²) in [6.07, 6.45) is 2.65. The number of ether oxygens (including phenoxy) is 1. The van der Waals surface area contributed by atoms with E-state index in [4.69, 9.17) is 10.6 Å². The maximum absolute atomic E-state index is 5.68. The lowest BCUT2D eigenvalue weighted by Crippen LogP contribution is -2.35. The van der Waals surface area contributed by atoms with Crippen molar-refractivity contribution in [1.82, 2.24) is 10.4 Å². The molecule has 0 saturated heterocycles. The molecule has 2 aromatic rings. The third-order valence-corrected chi connectivity index (χ3v) is 3.46. The molecule has 0 aliphatic rings. The zero-order valence-electron chi connectivity index (χ0n) is 11.7. The van der Waals surface area contributed by atoms with Crippen LogP contribution in [0.1, 0.15) is 31.9 Å². The quantitative estimate of drug-likeness (QED) is 0.640. The summed E-state index contributed by atoms with van der Waals surface area (Å²) < 4.78 is 5.46. The molecule has 0 radical (unpaired) electrons. The molecule has 0 aliphatic heterocycles. The molecule has 1 unspecified atom stereocenters. The predicted octanol–water partition coefficient (Wildman–Crippen LogP) is 2.55. The molecule has 2 rings (SSSR count). The summed E-state index contributed by atoms with van der Waals surface area (Å²) in [5.74, 6) is 5.68. The summed E-state index contributed by atoms with van der Waals surface area (Å²) in [7, 11) is 1.71. The van der Waals surface area contributed by atoms with Crippen LogP contribution in [0.3, 0.4) is 0 Å². The highest BCUT2D eigenvalue weighted by Crippen LogP contribution is 2.26. The Labute approximate surface area is 113 Å². The highest BCUT2D eigenvalue weighted by molar-refractivity contribution is 5.78. The molecule has 0 fully saturated rings. The lowest BCUT2D eigenvalue weighted by molar-refractivity contribution is 0.00680. The van der Waals surface area contributed by atoms with Gasteiger partial charge in [-0.15, -0.1) is 0 Å². The number of benzene rings is 1. The first-order valence-corrected chi connectivity index (χ1v) is 6.42. The van der Waals surface area contributed by atoms with Crippen LogP contribution >= 0.6 is 0 Å². The van der Waals surface area contributed by atoms with E-state index in [0.29, 0.717) is 0 Å². The van der Waals surface area contributed by atoms with Crippen molar-refractivity contribution < 1.29 is 4.74 Å². The van der Waals surface area contributed by atoms with Crippen LogP contribution in [-0.4, -0.2) is 17.7 Å².